The van der Waals surface area contributed by atoms with Gasteiger partial charge < -0.3 is 14.7 Å². The topological polar surface area (TPSA) is 49.8 Å². The first-order valence-corrected chi connectivity index (χ1v) is 9.50. The second-order valence-corrected chi connectivity index (χ2v) is 7.31. The highest BCUT2D eigenvalue weighted by Gasteiger charge is 2.45. The van der Waals surface area contributed by atoms with E-state index in [-0.39, 0.29) is 12.0 Å². The third-order valence-electron chi connectivity index (χ3n) is 5.30. The molecule has 0 aromatic rings. The molecule has 1 N–H and O–H groups in total. The smallest absolute Gasteiger partial charge is 0.339 e. The van der Waals surface area contributed by atoms with E-state index in [1.165, 1.54) is 6.42 Å². The van der Waals surface area contributed by atoms with Gasteiger partial charge in [-0.05, 0) is 38.6 Å². The molecule has 2 aliphatic rings. The molecule has 2 rings (SSSR count). The molecule has 1 aliphatic carbocycles. The first kappa shape index (κ1) is 19.2. The lowest BCUT2D eigenvalue weighted by molar-refractivity contribution is -0.178. The molecule has 4 heteroatoms. The number of likely N-dealkylation sites (tertiary alicyclic amines) is 1. The van der Waals surface area contributed by atoms with Crippen LogP contribution in [0.3, 0.4) is 0 Å². The summed E-state index contributed by atoms with van der Waals surface area (Å²) in [4.78, 5) is 15.0. The number of ether oxygens (including phenoxy) is 1. The van der Waals surface area contributed by atoms with Crippen molar-refractivity contribution in [3.63, 3.8) is 0 Å². The van der Waals surface area contributed by atoms with Crippen LogP contribution in [0.15, 0.2) is 24.3 Å². The summed E-state index contributed by atoms with van der Waals surface area (Å²) in [5.74, 6) is -0.406. The molecule has 136 valence electrons. The Morgan fingerprint density at radius 1 is 1.21 bits per heavy atom. The molecular weight excluding hydrogens is 302 g/mol. The standard InChI is InChI=1S/C20H33NO3/c1-3-4-5-6-10-14-20(23,17-11-8-7-9-12-17)19(22)24-18-13-15-21(2)16-18/h4-6,10,17-18,23H,3,7-9,11-16H2,1-2H3/b5-4-,10-6-. The molecule has 2 atom stereocenters. The molecule has 0 radical (unpaired) electrons. The Balaban J connectivity index is 2.03. The quantitative estimate of drug-likeness (QED) is 0.572. The molecule has 24 heavy (non-hydrogen) atoms. The molecule has 2 unspecified atom stereocenters. The normalized spacial score (nSPS) is 26.2. The summed E-state index contributed by atoms with van der Waals surface area (Å²) in [5, 5.41) is 11.2. The van der Waals surface area contributed by atoms with E-state index in [9.17, 15) is 9.90 Å². The van der Waals surface area contributed by atoms with Gasteiger partial charge in [0.2, 0.25) is 0 Å². The fourth-order valence-corrected chi connectivity index (χ4v) is 3.78. The Bertz CT molecular complexity index is 454. The highest BCUT2D eigenvalue weighted by Crippen LogP contribution is 2.36. The minimum Gasteiger partial charge on any atom is -0.459 e. The molecule has 0 amide bonds. The van der Waals surface area contributed by atoms with E-state index < -0.39 is 11.6 Å². The van der Waals surface area contributed by atoms with Crippen molar-refractivity contribution in [1.29, 1.82) is 0 Å². The average molecular weight is 335 g/mol. The molecule has 1 saturated carbocycles. The zero-order valence-electron chi connectivity index (χ0n) is 15.2. The number of aliphatic hydroxyl groups is 1. The third kappa shape index (κ3) is 5.18. The monoisotopic (exact) mass is 335 g/mol. The Morgan fingerprint density at radius 3 is 2.54 bits per heavy atom. The van der Waals surface area contributed by atoms with Crippen molar-refractivity contribution >= 4 is 5.97 Å². The molecule has 0 spiro atoms. The van der Waals surface area contributed by atoms with Gasteiger partial charge in [0.25, 0.3) is 0 Å². The fourth-order valence-electron chi connectivity index (χ4n) is 3.78. The Morgan fingerprint density at radius 2 is 1.92 bits per heavy atom. The predicted octanol–water partition coefficient (Wildman–Crippen LogP) is 3.46. The van der Waals surface area contributed by atoms with E-state index >= 15 is 0 Å². The van der Waals surface area contributed by atoms with Crippen LogP contribution in [0.1, 0.15) is 58.3 Å². The maximum absolute atomic E-state index is 12.8. The number of hydrogen-bond donors (Lipinski definition) is 1. The predicted molar refractivity (Wildman–Crippen MR) is 96.7 cm³/mol. The molecule has 0 bridgehead atoms. The molecular formula is C20H33NO3. The first-order valence-electron chi connectivity index (χ1n) is 9.50. The van der Waals surface area contributed by atoms with Crippen LogP contribution in [0.5, 0.6) is 0 Å². The largest absolute Gasteiger partial charge is 0.459 e. The van der Waals surface area contributed by atoms with Crippen molar-refractivity contribution in [3.8, 4) is 0 Å². The van der Waals surface area contributed by atoms with Gasteiger partial charge in [0.15, 0.2) is 5.60 Å². The SMILES string of the molecule is CC/C=C\C=C/CC(O)(C(=O)OC1CCN(C)C1)C1CCCCC1. The van der Waals surface area contributed by atoms with Crippen molar-refractivity contribution in [2.45, 2.75) is 70.0 Å². The van der Waals surface area contributed by atoms with Crippen LogP contribution < -0.4 is 0 Å². The van der Waals surface area contributed by atoms with Crippen LogP contribution in [-0.2, 0) is 9.53 Å². The molecule has 2 fully saturated rings. The molecule has 4 nitrogen and oxygen atoms in total. The van der Waals surface area contributed by atoms with Gasteiger partial charge in [0.05, 0.1) is 0 Å². The lowest BCUT2D eigenvalue weighted by atomic mass is 9.75. The van der Waals surface area contributed by atoms with Gasteiger partial charge in [-0.3, -0.25) is 0 Å². The van der Waals surface area contributed by atoms with Crippen molar-refractivity contribution in [1.82, 2.24) is 4.90 Å². The number of allylic oxidation sites excluding steroid dienone is 3. The van der Waals surface area contributed by atoms with Gasteiger partial charge >= 0.3 is 5.97 Å². The van der Waals surface area contributed by atoms with Gasteiger partial charge in [-0.15, -0.1) is 0 Å². The van der Waals surface area contributed by atoms with E-state index in [0.717, 1.165) is 51.6 Å². The minimum atomic E-state index is -1.38. The number of carbonyl (C=O) groups is 1. The fraction of sp³-hybridized carbons (Fsp3) is 0.750. The van der Waals surface area contributed by atoms with Crippen LogP contribution in [0.4, 0.5) is 0 Å². The van der Waals surface area contributed by atoms with Crippen LogP contribution >= 0.6 is 0 Å². The van der Waals surface area contributed by atoms with Gasteiger partial charge in [-0.25, -0.2) is 4.79 Å². The Kier molecular flexibility index (Phi) is 7.50. The first-order chi connectivity index (χ1) is 11.6. The summed E-state index contributed by atoms with van der Waals surface area (Å²) in [7, 11) is 2.03. The number of hydrogen-bond acceptors (Lipinski definition) is 4. The summed E-state index contributed by atoms with van der Waals surface area (Å²) in [6.07, 6.45) is 15.2. The van der Waals surface area contributed by atoms with Crippen LogP contribution in [0.25, 0.3) is 0 Å². The van der Waals surface area contributed by atoms with Crippen LogP contribution in [0.2, 0.25) is 0 Å². The highest BCUT2D eigenvalue weighted by atomic mass is 16.6. The van der Waals surface area contributed by atoms with E-state index in [1.807, 2.05) is 25.3 Å². The Hall–Kier alpha value is -1.13. The maximum Gasteiger partial charge on any atom is 0.339 e. The summed E-state index contributed by atoms with van der Waals surface area (Å²) in [6.45, 7) is 3.79. The zero-order chi connectivity index (χ0) is 17.4. The third-order valence-corrected chi connectivity index (χ3v) is 5.30. The number of rotatable bonds is 7. The molecule has 1 saturated heterocycles. The number of esters is 1. The van der Waals surface area contributed by atoms with Crippen molar-refractivity contribution in [2.24, 2.45) is 5.92 Å². The summed E-state index contributed by atoms with van der Waals surface area (Å²) in [6, 6.07) is 0. The lowest BCUT2D eigenvalue weighted by Gasteiger charge is -2.36. The molecule has 1 heterocycles. The van der Waals surface area contributed by atoms with Crippen LogP contribution in [-0.4, -0.2) is 47.8 Å². The van der Waals surface area contributed by atoms with Crippen LogP contribution in [0, 0.1) is 5.92 Å². The summed E-state index contributed by atoms with van der Waals surface area (Å²) in [5.41, 5.74) is -1.38. The summed E-state index contributed by atoms with van der Waals surface area (Å²) < 4.78 is 5.70. The second kappa shape index (κ2) is 9.38. The number of nitrogens with zero attached hydrogens (tertiary/aromatic N) is 1. The molecule has 0 aromatic heterocycles. The highest BCUT2D eigenvalue weighted by molar-refractivity contribution is 5.80. The summed E-state index contributed by atoms with van der Waals surface area (Å²) >= 11 is 0. The Labute approximate surface area is 146 Å². The lowest BCUT2D eigenvalue weighted by Crippen LogP contribution is -2.48. The van der Waals surface area contributed by atoms with E-state index in [0.29, 0.717) is 6.42 Å². The second-order valence-electron chi connectivity index (χ2n) is 7.31. The maximum atomic E-state index is 12.8. The van der Waals surface area contributed by atoms with Gasteiger partial charge in [-0.2, -0.15) is 0 Å². The zero-order valence-corrected chi connectivity index (χ0v) is 15.2. The van der Waals surface area contributed by atoms with E-state index in [1.54, 1.807) is 0 Å². The van der Waals surface area contributed by atoms with Crippen molar-refractivity contribution < 1.29 is 14.6 Å². The van der Waals surface area contributed by atoms with Gasteiger partial charge in [-0.1, -0.05) is 50.5 Å². The average Bonchev–Trinajstić information content (AvgIpc) is 3.00. The van der Waals surface area contributed by atoms with Gasteiger partial charge in [0, 0.05) is 19.5 Å². The van der Waals surface area contributed by atoms with Crippen molar-refractivity contribution in [2.75, 3.05) is 20.1 Å². The number of carbonyl (C=O) groups excluding carboxylic acids is 1. The minimum absolute atomic E-state index is 0.0117. The van der Waals surface area contributed by atoms with E-state index in [2.05, 4.69) is 17.9 Å². The van der Waals surface area contributed by atoms with Crippen molar-refractivity contribution in [3.05, 3.63) is 24.3 Å². The molecule has 0 aromatic carbocycles. The number of likely N-dealkylation sites (N-methyl/N-ethyl adjacent to an activating group) is 1. The van der Waals surface area contributed by atoms with E-state index in [4.69, 9.17) is 4.74 Å². The molecule has 1 aliphatic heterocycles. The van der Waals surface area contributed by atoms with Gasteiger partial charge in [0.1, 0.15) is 6.10 Å².